The number of hydrogen-bond donors (Lipinski definition) is 0. The van der Waals surface area contributed by atoms with E-state index in [1.54, 1.807) is 6.26 Å². The first kappa shape index (κ1) is 9.59. The first-order valence-corrected chi connectivity index (χ1v) is 4.72. The molecule has 1 fully saturated rings. The number of ether oxygens (including phenoxy) is 2. The van der Waals surface area contributed by atoms with Crippen molar-refractivity contribution in [3.05, 3.63) is 12.3 Å². The first-order chi connectivity index (χ1) is 5.83. The van der Waals surface area contributed by atoms with Gasteiger partial charge in [0.2, 0.25) is 0 Å². The van der Waals surface area contributed by atoms with Crippen LogP contribution in [-0.4, -0.2) is 19.3 Å². The lowest BCUT2D eigenvalue weighted by atomic mass is 10.1. The summed E-state index contributed by atoms with van der Waals surface area (Å²) < 4.78 is 10.5. The van der Waals surface area contributed by atoms with Gasteiger partial charge in [-0.05, 0) is 18.4 Å². The summed E-state index contributed by atoms with van der Waals surface area (Å²) in [5.74, 6) is 0.618. The standard InChI is InChI=1S/C10H18O2/c1-3-9(2)4-6-11-8-10-5-7-12-10/h4,6,9-10H,3,5,7-8H2,1-2H3. The van der Waals surface area contributed by atoms with Crippen LogP contribution in [0.2, 0.25) is 0 Å². The van der Waals surface area contributed by atoms with E-state index >= 15 is 0 Å². The van der Waals surface area contributed by atoms with Gasteiger partial charge in [-0.15, -0.1) is 0 Å². The predicted molar refractivity (Wildman–Crippen MR) is 48.9 cm³/mol. The normalized spacial score (nSPS) is 25.3. The van der Waals surface area contributed by atoms with E-state index in [-0.39, 0.29) is 0 Å². The summed E-state index contributed by atoms with van der Waals surface area (Å²) in [5.41, 5.74) is 0. The highest BCUT2D eigenvalue weighted by Crippen LogP contribution is 2.11. The van der Waals surface area contributed by atoms with Crippen molar-refractivity contribution < 1.29 is 9.47 Å². The van der Waals surface area contributed by atoms with Crippen LogP contribution in [0.1, 0.15) is 26.7 Å². The highest BCUT2D eigenvalue weighted by Gasteiger charge is 2.17. The first-order valence-electron chi connectivity index (χ1n) is 4.72. The maximum atomic E-state index is 5.30. The lowest BCUT2D eigenvalue weighted by molar-refractivity contribution is -0.0798. The van der Waals surface area contributed by atoms with Gasteiger partial charge in [-0.3, -0.25) is 0 Å². The van der Waals surface area contributed by atoms with Crippen LogP contribution in [0.3, 0.4) is 0 Å². The zero-order valence-electron chi connectivity index (χ0n) is 7.95. The van der Waals surface area contributed by atoms with Crippen molar-refractivity contribution in [3.8, 4) is 0 Å². The van der Waals surface area contributed by atoms with Crippen molar-refractivity contribution >= 4 is 0 Å². The summed E-state index contributed by atoms with van der Waals surface area (Å²) in [6.07, 6.45) is 6.57. The van der Waals surface area contributed by atoms with Crippen LogP contribution in [0.25, 0.3) is 0 Å². The zero-order valence-corrected chi connectivity index (χ0v) is 7.95. The van der Waals surface area contributed by atoms with Crippen LogP contribution < -0.4 is 0 Å². The minimum atomic E-state index is 0.353. The molecule has 0 aromatic heterocycles. The van der Waals surface area contributed by atoms with Crippen molar-refractivity contribution in [1.82, 2.24) is 0 Å². The minimum absolute atomic E-state index is 0.353. The monoisotopic (exact) mass is 170 g/mol. The molecule has 0 aliphatic carbocycles. The fourth-order valence-electron chi connectivity index (χ4n) is 0.905. The predicted octanol–water partition coefficient (Wildman–Crippen LogP) is 2.35. The van der Waals surface area contributed by atoms with Gasteiger partial charge in [0.05, 0.1) is 12.4 Å². The Morgan fingerprint density at radius 1 is 1.67 bits per heavy atom. The van der Waals surface area contributed by atoms with Crippen LogP contribution in [0, 0.1) is 5.92 Å². The molecule has 70 valence electrons. The molecule has 1 saturated heterocycles. The van der Waals surface area contributed by atoms with Gasteiger partial charge in [-0.25, -0.2) is 0 Å². The smallest absolute Gasteiger partial charge is 0.114 e. The second-order valence-electron chi connectivity index (χ2n) is 3.33. The van der Waals surface area contributed by atoms with Gasteiger partial charge in [0.15, 0.2) is 0 Å². The van der Waals surface area contributed by atoms with Gasteiger partial charge in [-0.2, -0.15) is 0 Å². The second-order valence-corrected chi connectivity index (χ2v) is 3.33. The Morgan fingerprint density at radius 2 is 2.42 bits per heavy atom. The van der Waals surface area contributed by atoms with E-state index in [0.717, 1.165) is 13.0 Å². The van der Waals surface area contributed by atoms with Gasteiger partial charge in [0.25, 0.3) is 0 Å². The fraction of sp³-hybridized carbons (Fsp3) is 0.800. The molecule has 2 atom stereocenters. The Kier molecular flexibility index (Phi) is 4.15. The Balaban J connectivity index is 1.96. The Labute approximate surface area is 74.6 Å². The fourth-order valence-corrected chi connectivity index (χ4v) is 0.905. The van der Waals surface area contributed by atoms with Crippen molar-refractivity contribution in [1.29, 1.82) is 0 Å². The van der Waals surface area contributed by atoms with E-state index in [1.807, 2.05) is 0 Å². The minimum Gasteiger partial charge on any atom is -0.499 e. The van der Waals surface area contributed by atoms with E-state index in [4.69, 9.17) is 9.47 Å². The summed E-state index contributed by atoms with van der Waals surface area (Å²) in [5, 5.41) is 0. The van der Waals surface area contributed by atoms with E-state index in [1.165, 1.54) is 6.42 Å². The maximum absolute atomic E-state index is 5.30. The molecule has 0 amide bonds. The van der Waals surface area contributed by atoms with Crippen molar-refractivity contribution in [3.63, 3.8) is 0 Å². The molecule has 0 radical (unpaired) electrons. The summed E-state index contributed by atoms with van der Waals surface area (Å²) in [7, 11) is 0. The molecule has 0 spiro atoms. The summed E-state index contributed by atoms with van der Waals surface area (Å²) in [6.45, 7) is 5.97. The highest BCUT2D eigenvalue weighted by atomic mass is 16.5. The molecule has 1 heterocycles. The van der Waals surface area contributed by atoms with Crippen molar-refractivity contribution in [2.24, 2.45) is 5.92 Å². The number of rotatable bonds is 5. The van der Waals surface area contributed by atoms with Gasteiger partial charge < -0.3 is 9.47 Å². The molecular formula is C10H18O2. The lowest BCUT2D eigenvalue weighted by Gasteiger charge is -2.25. The molecule has 2 heteroatoms. The molecule has 1 aliphatic rings. The van der Waals surface area contributed by atoms with Gasteiger partial charge >= 0.3 is 0 Å². The molecule has 0 N–H and O–H groups in total. The second kappa shape index (κ2) is 5.20. The Hall–Kier alpha value is -0.500. The summed E-state index contributed by atoms with van der Waals surface area (Å²) in [4.78, 5) is 0. The molecule has 1 rings (SSSR count). The molecular weight excluding hydrogens is 152 g/mol. The topological polar surface area (TPSA) is 18.5 Å². The van der Waals surface area contributed by atoms with Crippen molar-refractivity contribution in [2.75, 3.05) is 13.2 Å². The average Bonchev–Trinajstić information content (AvgIpc) is 2.00. The summed E-state index contributed by atoms with van der Waals surface area (Å²) >= 11 is 0. The largest absolute Gasteiger partial charge is 0.499 e. The third-order valence-corrected chi connectivity index (χ3v) is 2.22. The van der Waals surface area contributed by atoms with Crippen LogP contribution in [0.5, 0.6) is 0 Å². The van der Waals surface area contributed by atoms with E-state index in [2.05, 4.69) is 19.9 Å². The van der Waals surface area contributed by atoms with Crippen LogP contribution in [-0.2, 0) is 9.47 Å². The molecule has 1 aliphatic heterocycles. The van der Waals surface area contributed by atoms with E-state index < -0.39 is 0 Å². The molecule has 0 bridgehead atoms. The van der Waals surface area contributed by atoms with Crippen LogP contribution in [0.15, 0.2) is 12.3 Å². The molecule has 0 aromatic carbocycles. The van der Waals surface area contributed by atoms with E-state index in [9.17, 15) is 0 Å². The van der Waals surface area contributed by atoms with Gasteiger partial charge in [0, 0.05) is 13.0 Å². The van der Waals surface area contributed by atoms with Crippen LogP contribution in [0.4, 0.5) is 0 Å². The summed E-state index contributed by atoms with van der Waals surface area (Å²) in [6, 6.07) is 0. The molecule has 0 saturated carbocycles. The average molecular weight is 170 g/mol. The third kappa shape index (κ3) is 3.26. The molecule has 2 nitrogen and oxygen atoms in total. The quantitative estimate of drug-likeness (QED) is 0.590. The Morgan fingerprint density at radius 3 is 2.92 bits per heavy atom. The molecule has 12 heavy (non-hydrogen) atoms. The SMILES string of the molecule is CCC(C)C=COCC1CCO1. The van der Waals surface area contributed by atoms with Gasteiger partial charge in [-0.1, -0.05) is 13.8 Å². The maximum Gasteiger partial charge on any atom is 0.114 e. The number of hydrogen-bond acceptors (Lipinski definition) is 2. The molecule has 2 unspecified atom stereocenters. The van der Waals surface area contributed by atoms with Crippen molar-refractivity contribution in [2.45, 2.75) is 32.8 Å². The lowest BCUT2D eigenvalue weighted by Crippen LogP contribution is -2.30. The highest BCUT2D eigenvalue weighted by molar-refractivity contribution is 4.79. The zero-order chi connectivity index (χ0) is 8.81. The van der Waals surface area contributed by atoms with E-state index in [0.29, 0.717) is 18.6 Å². The van der Waals surface area contributed by atoms with Gasteiger partial charge in [0.1, 0.15) is 6.61 Å². The third-order valence-electron chi connectivity index (χ3n) is 2.22. The number of allylic oxidation sites excluding steroid dienone is 1. The van der Waals surface area contributed by atoms with Crippen LogP contribution >= 0.6 is 0 Å². The Bertz CT molecular complexity index is 139. The molecule has 0 aromatic rings.